The fourth-order valence-corrected chi connectivity index (χ4v) is 4.31. The third-order valence-electron chi connectivity index (χ3n) is 5.76. The minimum Gasteiger partial charge on any atom is -0.496 e. The summed E-state index contributed by atoms with van der Waals surface area (Å²) < 4.78 is 10.7. The smallest absolute Gasteiger partial charge is 0.222 e. The average molecular weight is 412 g/mol. The Labute approximate surface area is 179 Å². The molecule has 0 aliphatic carbocycles. The Bertz CT molecular complexity index is 813. The second-order valence-corrected chi connectivity index (χ2v) is 7.95. The number of rotatable bonds is 9. The van der Waals surface area contributed by atoms with Gasteiger partial charge in [0.15, 0.2) is 0 Å². The van der Waals surface area contributed by atoms with E-state index in [1.54, 1.807) is 20.4 Å². The number of methoxy groups -OCH3 is 2. The van der Waals surface area contributed by atoms with Gasteiger partial charge >= 0.3 is 0 Å². The maximum atomic E-state index is 12.5. The standard InChI is InChI=1S/C24H33N3O3/c1-18-8-6-9-20(24(18)30-3)17-27-14-7-10-19(16-27)23(21-11-4-5-13-25-21)26-22(28)12-15-29-2/h4-6,8-9,11,13,19,23H,7,10,12,14-17H2,1-3H3,(H,26,28)/t19-,23+/m0/s1. The number of aromatic nitrogens is 1. The van der Waals surface area contributed by atoms with Crippen LogP contribution in [-0.2, 0) is 16.1 Å². The van der Waals surface area contributed by atoms with Gasteiger partial charge in [0, 0.05) is 38.4 Å². The summed E-state index contributed by atoms with van der Waals surface area (Å²) in [4.78, 5) is 19.5. The molecule has 6 nitrogen and oxygen atoms in total. The zero-order valence-corrected chi connectivity index (χ0v) is 18.3. The Morgan fingerprint density at radius 3 is 2.87 bits per heavy atom. The number of carbonyl (C=O) groups excluding carboxylic acids is 1. The Morgan fingerprint density at radius 1 is 1.27 bits per heavy atom. The number of likely N-dealkylation sites (tertiary alicyclic amines) is 1. The van der Waals surface area contributed by atoms with Crippen LogP contribution in [-0.4, -0.2) is 49.7 Å². The van der Waals surface area contributed by atoms with Gasteiger partial charge in [-0.3, -0.25) is 14.7 Å². The number of pyridine rings is 1. The quantitative estimate of drug-likeness (QED) is 0.684. The molecule has 1 saturated heterocycles. The number of carbonyl (C=O) groups is 1. The van der Waals surface area contributed by atoms with Gasteiger partial charge in [-0.05, 0) is 49.9 Å². The number of nitrogens with zero attached hydrogens (tertiary/aromatic N) is 2. The first-order valence-corrected chi connectivity index (χ1v) is 10.7. The topological polar surface area (TPSA) is 63.7 Å². The number of amides is 1. The third-order valence-corrected chi connectivity index (χ3v) is 5.76. The van der Waals surface area contributed by atoms with Crippen molar-refractivity contribution in [2.45, 2.75) is 38.8 Å². The van der Waals surface area contributed by atoms with Crippen LogP contribution in [0.1, 0.15) is 42.1 Å². The third kappa shape index (κ3) is 5.80. The van der Waals surface area contributed by atoms with E-state index in [1.165, 1.54) is 5.56 Å². The number of para-hydroxylation sites is 1. The Kier molecular flexibility index (Phi) is 8.22. The highest BCUT2D eigenvalue weighted by molar-refractivity contribution is 5.76. The van der Waals surface area contributed by atoms with E-state index < -0.39 is 0 Å². The number of ether oxygens (including phenoxy) is 2. The van der Waals surface area contributed by atoms with E-state index in [-0.39, 0.29) is 11.9 Å². The molecule has 2 heterocycles. The van der Waals surface area contributed by atoms with Gasteiger partial charge in [-0.2, -0.15) is 0 Å². The molecule has 2 aromatic rings. The highest BCUT2D eigenvalue weighted by Crippen LogP contribution is 2.31. The van der Waals surface area contributed by atoms with Gasteiger partial charge in [0.2, 0.25) is 5.91 Å². The molecule has 0 radical (unpaired) electrons. The molecule has 1 aromatic carbocycles. The predicted molar refractivity (Wildman–Crippen MR) is 117 cm³/mol. The van der Waals surface area contributed by atoms with Gasteiger partial charge in [0.25, 0.3) is 0 Å². The summed E-state index contributed by atoms with van der Waals surface area (Å²) in [6, 6.07) is 12.1. The van der Waals surface area contributed by atoms with E-state index >= 15 is 0 Å². The second kappa shape index (κ2) is 11.1. The highest BCUT2D eigenvalue weighted by atomic mass is 16.5. The lowest BCUT2D eigenvalue weighted by Gasteiger charge is -2.37. The lowest BCUT2D eigenvalue weighted by atomic mass is 9.88. The molecule has 162 valence electrons. The zero-order valence-electron chi connectivity index (χ0n) is 18.3. The van der Waals surface area contributed by atoms with Crippen LogP contribution in [0.15, 0.2) is 42.6 Å². The number of hydrogen-bond donors (Lipinski definition) is 1. The summed E-state index contributed by atoms with van der Waals surface area (Å²) in [6.45, 7) is 5.29. The van der Waals surface area contributed by atoms with E-state index in [1.807, 2.05) is 18.2 Å². The maximum absolute atomic E-state index is 12.5. The minimum absolute atomic E-state index is 0.00461. The van der Waals surface area contributed by atoms with Crippen LogP contribution >= 0.6 is 0 Å². The first-order valence-electron chi connectivity index (χ1n) is 10.7. The summed E-state index contributed by atoms with van der Waals surface area (Å²) in [7, 11) is 3.35. The fourth-order valence-electron chi connectivity index (χ4n) is 4.31. The molecular formula is C24H33N3O3. The van der Waals surface area contributed by atoms with E-state index in [0.29, 0.717) is 18.9 Å². The summed E-state index contributed by atoms with van der Waals surface area (Å²) in [5.41, 5.74) is 3.28. The van der Waals surface area contributed by atoms with Crippen LogP contribution in [0.2, 0.25) is 0 Å². The van der Waals surface area contributed by atoms with Crippen molar-refractivity contribution in [3.63, 3.8) is 0 Å². The summed E-state index contributed by atoms with van der Waals surface area (Å²) in [5, 5.41) is 3.22. The van der Waals surface area contributed by atoms with Gasteiger partial charge in [-0.15, -0.1) is 0 Å². The molecule has 1 fully saturated rings. The summed E-state index contributed by atoms with van der Waals surface area (Å²) >= 11 is 0. The van der Waals surface area contributed by atoms with E-state index in [4.69, 9.17) is 9.47 Å². The molecule has 6 heteroatoms. The first kappa shape index (κ1) is 22.2. The molecule has 0 spiro atoms. The number of hydrogen-bond acceptors (Lipinski definition) is 5. The van der Waals surface area contributed by atoms with E-state index in [9.17, 15) is 4.79 Å². The molecule has 1 N–H and O–H groups in total. The van der Waals surface area contributed by atoms with Gasteiger partial charge in [-0.25, -0.2) is 0 Å². The maximum Gasteiger partial charge on any atom is 0.222 e. The van der Waals surface area contributed by atoms with Crippen LogP contribution in [0.5, 0.6) is 5.75 Å². The molecule has 0 unspecified atom stereocenters. The lowest BCUT2D eigenvalue weighted by Crippen LogP contribution is -2.43. The largest absolute Gasteiger partial charge is 0.496 e. The van der Waals surface area contributed by atoms with Gasteiger partial charge in [0.1, 0.15) is 5.75 Å². The normalized spacial score (nSPS) is 18.0. The number of benzene rings is 1. The monoisotopic (exact) mass is 411 g/mol. The van der Waals surface area contributed by atoms with E-state index in [0.717, 1.165) is 49.5 Å². The van der Waals surface area contributed by atoms with Crippen molar-refractivity contribution in [2.24, 2.45) is 5.92 Å². The number of aryl methyl sites for hydroxylation is 1. The van der Waals surface area contributed by atoms with Gasteiger partial charge in [-0.1, -0.05) is 24.3 Å². The SMILES string of the molecule is COCCC(=O)N[C@@H](c1ccccn1)[C@H]1CCCN(Cc2cccc(C)c2OC)C1. The highest BCUT2D eigenvalue weighted by Gasteiger charge is 2.30. The predicted octanol–water partition coefficient (Wildman–Crippen LogP) is 3.50. The Hall–Kier alpha value is -2.44. The molecule has 1 amide bonds. The Morgan fingerprint density at radius 2 is 2.13 bits per heavy atom. The lowest BCUT2D eigenvalue weighted by molar-refractivity contribution is -0.123. The molecular weight excluding hydrogens is 378 g/mol. The van der Waals surface area contributed by atoms with Crippen molar-refractivity contribution in [3.8, 4) is 5.75 Å². The van der Waals surface area contributed by atoms with Crippen molar-refractivity contribution >= 4 is 5.91 Å². The molecule has 3 rings (SSSR count). The van der Waals surface area contributed by atoms with Crippen LogP contribution in [0, 0.1) is 12.8 Å². The van der Waals surface area contributed by atoms with E-state index in [2.05, 4.69) is 40.3 Å². The molecule has 30 heavy (non-hydrogen) atoms. The van der Waals surface area contributed by atoms with Crippen LogP contribution in [0.4, 0.5) is 0 Å². The first-order chi connectivity index (χ1) is 14.6. The van der Waals surface area contributed by atoms with Crippen LogP contribution in [0.3, 0.4) is 0 Å². The zero-order chi connectivity index (χ0) is 21.3. The molecule has 0 saturated carbocycles. The molecule has 1 aliphatic rings. The Balaban J connectivity index is 1.74. The summed E-state index contributed by atoms with van der Waals surface area (Å²) in [5.74, 6) is 1.27. The van der Waals surface area contributed by atoms with Crippen molar-refractivity contribution < 1.29 is 14.3 Å². The van der Waals surface area contributed by atoms with Gasteiger partial charge < -0.3 is 14.8 Å². The minimum atomic E-state index is -0.0993. The molecule has 2 atom stereocenters. The van der Waals surface area contributed by atoms with Crippen molar-refractivity contribution in [1.82, 2.24) is 15.2 Å². The summed E-state index contributed by atoms with van der Waals surface area (Å²) in [6.07, 6.45) is 4.31. The molecule has 1 aliphatic heterocycles. The van der Waals surface area contributed by atoms with Crippen molar-refractivity contribution in [2.75, 3.05) is 33.9 Å². The molecule has 1 aromatic heterocycles. The second-order valence-electron chi connectivity index (χ2n) is 7.95. The number of nitrogens with one attached hydrogen (secondary N) is 1. The van der Waals surface area contributed by atoms with Gasteiger partial charge in [0.05, 0.1) is 25.5 Å². The fraction of sp³-hybridized carbons (Fsp3) is 0.500. The van der Waals surface area contributed by atoms with Crippen LogP contribution in [0.25, 0.3) is 0 Å². The number of piperidine rings is 1. The van der Waals surface area contributed by atoms with Crippen molar-refractivity contribution in [1.29, 1.82) is 0 Å². The van der Waals surface area contributed by atoms with Crippen LogP contribution < -0.4 is 10.1 Å². The molecule has 0 bridgehead atoms. The van der Waals surface area contributed by atoms with Crippen molar-refractivity contribution in [3.05, 3.63) is 59.4 Å². The average Bonchev–Trinajstić information content (AvgIpc) is 2.77.